The molecule has 0 unspecified atom stereocenters. The average molecular weight is 415 g/mol. The fourth-order valence-electron chi connectivity index (χ4n) is 0.645. The van der Waals surface area contributed by atoms with Crippen LogP contribution in [0.2, 0.25) is 5.15 Å². The van der Waals surface area contributed by atoms with Crippen LogP contribution in [-0.4, -0.2) is 4.98 Å². The zero-order valence-corrected chi connectivity index (χ0v) is 10.6. The highest BCUT2D eigenvalue weighted by molar-refractivity contribution is 14.1. The van der Waals surface area contributed by atoms with E-state index in [0.29, 0.717) is 7.14 Å². The molecule has 0 bridgehead atoms. The monoisotopic (exact) mass is 415 g/mol. The van der Waals surface area contributed by atoms with Crippen LogP contribution in [0.15, 0.2) is 6.20 Å². The molecule has 0 spiro atoms. The van der Waals surface area contributed by atoms with Gasteiger partial charge in [0.05, 0.1) is 5.56 Å². The van der Waals surface area contributed by atoms with Crippen molar-refractivity contribution in [2.45, 2.75) is 6.43 Å². The third-order valence-electron chi connectivity index (χ3n) is 1.18. The molecule has 0 fully saturated rings. The molecule has 1 nitrogen and oxygen atoms in total. The molecule has 6 heteroatoms. The van der Waals surface area contributed by atoms with Crippen LogP contribution < -0.4 is 0 Å². The smallest absolute Gasteiger partial charge is 0.243 e. The third-order valence-corrected chi connectivity index (χ3v) is 4.49. The maximum atomic E-state index is 12.3. The summed E-state index contributed by atoms with van der Waals surface area (Å²) >= 11 is 9.27. The summed E-state index contributed by atoms with van der Waals surface area (Å²) in [5.74, 6) is 0. The van der Waals surface area contributed by atoms with Crippen molar-refractivity contribution >= 4 is 56.8 Å². The fourth-order valence-corrected chi connectivity index (χ4v) is 2.09. The first-order valence-electron chi connectivity index (χ1n) is 2.81. The summed E-state index contributed by atoms with van der Waals surface area (Å²) in [5.41, 5.74) is -0.177. The number of hydrogen-bond acceptors (Lipinski definition) is 1. The van der Waals surface area contributed by atoms with Crippen molar-refractivity contribution in [1.82, 2.24) is 4.98 Å². The molecular weight excluding hydrogens is 413 g/mol. The molecule has 0 radical (unpaired) electrons. The van der Waals surface area contributed by atoms with Gasteiger partial charge in [0.1, 0.15) is 5.15 Å². The number of nitrogens with zero attached hydrogens (tertiary/aromatic N) is 1. The molecule has 1 heterocycles. The molecule has 1 aromatic heterocycles. The average Bonchev–Trinajstić information content (AvgIpc) is 1.97. The molecular formula is C6H2ClF2I2N. The lowest BCUT2D eigenvalue weighted by molar-refractivity contribution is 0.150. The van der Waals surface area contributed by atoms with Gasteiger partial charge in [-0.1, -0.05) is 11.6 Å². The van der Waals surface area contributed by atoms with E-state index in [1.807, 2.05) is 45.2 Å². The summed E-state index contributed by atoms with van der Waals surface area (Å²) in [5, 5.41) is -0.116. The maximum absolute atomic E-state index is 12.3. The maximum Gasteiger partial charge on any atom is 0.267 e. The second kappa shape index (κ2) is 4.32. The largest absolute Gasteiger partial charge is 0.267 e. The van der Waals surface area contributed by atoms with Gasteiger partial charge in [-0.2, -0.15) is 0 Å². The molecule has 66 valence electrons. The summed E-state index contributed by atoms with van der Waals surface area (Å²) < 4.78 is 25.8. The van der Waals surface area contributed by atoms with Gasteiger partial charge in [-0.05, 0) is 45.2 Å². The van der Waals surface area contributed by atoms with Crippen LogP contribution >= 0.6 is 56.8 Å². The van der Waals surface area contributed by atoms with E-state index in [0.717, 1.165) is 0 Å². The van der Waals surface area contributed by atoms with E-state index in [1.54, 1.807) is 0 Å². The Morgan fingerprint density at radius 1 is 1.42 bits per heavy atom. The fraction of sp³-hybridized carbons (Fsp3) is 0.167. The van der Waals surface area contributed by atoms with Crippen molar-refractivity contribution < 1.29 is 8.78 Å². The van der Waals surface area contributed by atoms with Gasteiger partial charge in [0, 0.05) is 13.3 Å². The van der Waals surface area contributed by atoms with Crippen LogP contribution in [0.25, 0.3) is 0 Å². The molecule has 0 aliphatic carbocycles. The lowest BCUT2D eigenvalue weighted by Gasteiger charge is -2.05. The number of halogens is 5. The predicted octanol–water partition coefficient (Wildman–Crippen LogP) is 3.88. The van der Waals surface area contributed by atoms with E-state index in [-0.39, 0.29) is 10.7 Å². The minimum absolute atomic E-state index is 0.116. The van der Waals surface area contributed by atoms with E-state index >= 15 is 0 Å². The summed E-state index contributed by atoms with van der Waals surface area (Å²) in [4.78, 5) is 3.63. The number of alkyl halides is 2. The highest BCUT2D eigenvalue weighted by Gasteiger charge is 2.18. The first-order chi connectivity index (χ1) is 5.54. The minimum Gasteiger partial charge on any atom is -0.243 e. The molecule has 0 atom stereocenters. The summed E-state index contributed by atoms with van der Waals surface area (Å²) in [7, 11) is 0. The summed E-state index contributed by atoms with van der Waals surface area (Å²) in [6, 6.07) is 0. The molecule has 0 saturated carbocycles. The first kappa shape index (κ1) is 10.8. The van der Waals surface area contributed by atoms with Gasteiger partial charge < -0.3 is 0 Å². The van der Waals surface area contributed by atoms with E-state index in [9.17, 15) is 8.78 Å². The highest BCUT2D eigenvalue weighted by atomic mass is 127. The Bertz CT molecular complexity index is 306. The second-order valence-corrected chi connectivity index (χ2v) is 4.52. The Hall–Kier alpha value is 0.760. The Morgan fingerprint density at radius 2 is 2.00 bits per heavy atom. The van der Waals surface area contributed by atoms with Gasteiger partial charge >= 0.3 is 0 Å². The van der Waals surface area contributed by atoms with Crippen LogP contribution in [-0.2, 0) is 0 Å². The minimum atomic E-state index is -2.56. The molecule has 0 N–H and O–H groups in total. The molecule has 0 aliphatic heterocycles. The first-order valence-corrected chi connectivity index (χ1v) is 5.35. The Morgan fingerprint density at radius 3 is 2.42 bits per heavy atom. The number of pyridine rings is 1. The SMILES string of the molecule is FC(F)c1c(Cl)ncc(I)c1I. The van der Waals surface area contributed by atoms with Crippen LogP contribution in [0.3, 0.4) is 0 Å². The van der Waals surface area contributed by atoms with Crippen molar-refractivity contribution in [3.63, 3.8) is 0 Å². The summed E-state index contributed by atoms with van der Waals surface area (Å²) in [6.07, 6.45) is -1.09. The predicted molar refractivity (Wildman–Crippen MR) is 59.6 cm³/mol. The zero-order chi connectivity index (χ0) is 9.30. The van der Waals surface area contributed by atoms with Crippen molar-refractivity contribution in [2.75, 3.05) is 0 Å². The van der Waals surface area contributed by atoms with Crippen LogP contribution in [0.5, 0.6) is 0 Å². The van der Waals surface area contributed by atoms with Gasteiger partial charge in [0.15, 0.2) is 0 Å². The highest BCUT2D eigenvalue weighted by Crippen LogP contribution is 2.31. The normalized spacial score (nSPS) is 10.8. The van der Waals surface area contributed by atoms with Gasteiger partial charge in [0.25, 0.3) is 6.43 Å². The molecule has 12 heavy (non-hydrogen) atoms. The molecule has 0 aromatic carbocycles. The summed E-state index contributed by atoms with van der Waals surface area (Å²) in [6.45, 7) is 0. The molecule has 0 aliphatic rings. The molecule has 1 aromatic rings. The van der Waals surface area contributed by atoms with E-state index in [2.05, 4.69) is 4.98 Å². The lowest BCUT2D eigenvalue weighted by Crippen LogP contribution is -1.96. The van der Waals surface area contributed by atoms with Gasteiger partial charge in [-0.3, -0.25) is 0 Å². The Kier molecular flexibility index (Phi) is 3.90. The van der Waals surface area contributed by atoms with Crippen LogP contribution in [0, 0.1) is 7.14 Å². The van der Waals surface area contributed by atoms with Crippen molar-refractivity contribution in [3.05, 3.63) is 24.1 Å². The topological polar surface area (TPSA) is 12.9 Å². The van der Waals surface area contributed by atoms with Crippen LogP contribution in [0.4, 0.5) is 8.78 Å². The number of rotatable bonds is 1. The van der Waals surface area contributed by atoms with Crippen molar-refractivity contribution in [3.8, 4) is 0 Å². The molecule has 0 amide bonds. The van der Waals surface area contributed by atoms with Gasteiger partial charge in [-0.25, -0.2) is 13.8 Å². The standard InChI is InChI=1S/C6H2ClF2I2N/c7-5-3(6(8)9)4(11)2(10)1-12-5/h1,6H. The van der Waals surface area contributed by atoms with Crippen molar-refractivity contribution in [2.24, 2.45) is 0 Å². The Balaban J connectivity index is 3.33. The number of hydrogen-bond donors (Lipinski definition) is 0. The zero-order valence-electron chi connectivity index (χ0n) is 5.49. The molecule has 0 saturated heterocycles. The number of aromatic nitrogens is 1. The second-order valence-electron chi connectivity index (χ2n) is 1.93. The van der Waals surface area contributed by atoms with Crippen LogP contribution in [0.1, 0.15) is 12.0 Å². The quantitative estimate of drug-likeness (QED) is 0.501. The van der Waals surface area contributed by atoms with Gasteiger partial charge in [0.2, 0.25) is 0 Å². The lowest BCUT2D eigenvalue weighted by atomic mass is 10.3. The van der Waals surface area contributed by atoms with Crippen molar-refractivity contribution in [1.29, 1.82) is 0 Å². The van der Waals surface area contributed by atoms with E-state index in [1.165, 1.54) is 6.20 Å². The molecule has 1 rings (SSSR count). The third kappa shape index (κ3) is 2.16. The van der Waals surface area contributed by atoms with E-state index in [4.69, 9.17) is 11.6 Å². The Labute approximate surface area is 100 Å². The van der Waals surface area contributed by atoms with E-state index < -0.39 is 6.43 Å². The van der Waals surface area contributed by atoms with Gasteiger partial charge in [-0.15, -0.1) is 0 Å².